The molecule has 0 bridgehead atoms. The van der Waals surface area contributed by atoms with E-state index in [4.69, 9.17) is 9.47 Å². The molecule has 162 valence electrons. The first kappa shape index (κ1) is 23.0. The first-order valence-corrected chi connectivity index (χ1v) is 11.5. The third kappa shape index (κ3) is 5.54. The summed E-state index contributed by atoms with van der Waals surface area (Å²) in [4.78, 5) is 25.3. The number of thiophene rings is 1. The van der Waals surface area contributed by atoms with Crippen molar-refractivity contribution < 1.29 is 19.1 Å². The van der Waals surface area contributed by atoms with Gasteiger partial charge in [-0.25, -0.2) is 4.79 Å². The van der Waals surface area contributed by atoms with Crippen LogP contribution in [0.1, 0.15) is 34.0 Å². The Morgan fingerprint density at radius 3 is 2.52 bits per heavy atom. The zero-order chi connectivity index (χ0) is 22.5. The number of esters is 1. The molecular formula is C24H24BrNO4S. The van der Waals surface area contributed by atoms with Crippen molar-refractivity contribution in [1.29, 1.82) is 0 Å². The van der Waals surface area contributed by atoms with E-state index in [1.54, 1.807) is 13.0 Å². The van der Waals surface area contributed by atoms with Gasteiger partial charge in [-0.3, -0.25) is 4.79 Å². The minimum atomic E-state index is -0.463. The Kier molecular flexibility index (Phi) is 7.51. The number of ether oxygens (including phenoxy) is 2. The smallest absolute Gasteiger partial charge is 0.341 e. The van der Waals surface area contributed by atoms with Crippen LogP contribution in [0.25, 0.3) is 11.1 Å². The Hall–Kier alpha value is -2.64. The second-order valence-corrected chi connectivity index (χ2v) is 8.88. The molecule has 7 heteroatoms. The lowest BCUT2D eigenvalue weighted by atomic mass is 9.99. The zero-order valence-corrected chi connectivity index (χ0v) is 20.3. The number of benzene rings is 2. The van der Waals surface area contributed by atoms with Gasteiger partial charge in [0.05, 0.1) is 11.1 Å². The highest BCUT2D eigenvalue weighted by molar-refractivity contribution is 9.10. The summed E-state index contributed by atoms with van der Waals surface area (Å²) in [5.74, 6) is -0.241. The Morgan fingerprint density at radius 2 is 1.84 bits per heavy atom. The van der Waals surface area contributed by atoms with Crippen LogP contribution in [-0.4, -0.2) is 25.1 Å². The van der Waals surface area contributed by atoms with E-state index in [-0.39, 0.29) is 19.1 Å². The van der Waals surface area contributed by atoms with E-state index in [0.717, 1.165) is 26.7 Å². The lowest BCUT2D eigenvalue weighted by Crippen LogP contribution is -2.21. The highest BCUT2D eigenvalue weighted by Gasteiger charge is 2.23. The summed E-state index contributed by atoms with van der Waals surface area (Å²) in [6, 6.07) is 11.6. The molecule has 0 aliphatic carbocycles. The van der Waals surface area contributed by atoms with Gasteiger partial charge in [-0.05, 0) is 78.0 Å². The number of aryl methyl sites for hydroxylation is 3. The van der Waals surface area contributed by atoms with Crippen LogP contribution in [0, 0.1) is 20.8 Å². The van der Waals surface area contributed by atoms with Crippen molar-refractivity contribution >= 4 is 44.1 Å². The summed E-state index contributed by atoms with van der Waals surface area (Å²) in [5.41, 5.74) is 5.39. The predicted octanol–water partition coefficient (Wildman–Crippen LogP) is 6.30. The lowest BCUT2D eigenvalue weighted by Gasteiger charge is -2.11. The molecule has 0 atom stereocenters. The SMILES string of the molecule is CCOC(=O)c1c(-c2ccc(C)c(C)c2)csc1NC(=O)COc1ccc(C)cc1Br. The van der Waals surface area contributed by atoms with Crippen molar-refractivity contribution in [1.82, 2.24) is 0 Å². The number of anilines is 1. The Labute approximate surface area is 194 Å². The maximum absolute atomic E-state index is 12.7. The van der Waals surface area contributed by atoms with Gasteiger partial charge in [0.1, 0.15) is 16.3 Å². The Balaban J connectivity index is 1.83. The quantitative estimate of drug-likeness (QED) is 0.386. The van der Waals surface area contributed by atoms with Gasteiger partial charge in [0.15, 0.2) is 6.61 Å². The maximum atomic E-state index is 12.7. The van der Waals surface area contributed by atoms with E-state index >= 15 is 0 Å². The molecule has 1 amide bonds. The molecule has 1 aromatic heterocycles. The van der Waals surface area contributed by atoms with Gasteiger partial charge >= 0.3 is 5.97 Å². The van der Waals surface area contributed by atoms with Gasteiger partial charge in [-0.15, -0.1) is 11.3 Å². The molecule has 2 aromatic carbocycles. The van der Waals surface area contributed by atoms with Crippen LogP contribution in [0.5, 0.6) is 5.75 Å². The van der Waals surface area contributed by atoms with E-state index in [1.165, 1.54) is 16.9 Å². The van der Waals surface area contributed by atoms with Gasteiger partial charge < -0.3 is 14.8 Å². The second kappa shape index (κ2) is 10.1. The van der Waals surface area contributed by atoms with E-state index in [1.807, 2.05) is 56.5 Å². The van der Waals surface area contributed by atoms with Crippen molar-refractivity contribution in [3.8, 4) is 16.9 Å². The third-order valence-electron chi connectivity index (χ3n) is 4.79. The van der Waals surface area contributed by atoms with Gasteiger partial charge in [0.2, 0.25) is 0 Å². The Bertz CT molecular complexity index is 1120. The van der Waals surface area contributed by atoms with Crippen molar-refractivity contribution in [2.24, 2.45) is 0 Å². The number of nitrogens with one attached hydrogen (secondary N) is 1. The maximum Gasteiger partial charge on any atom is 0.341 e. The summed E-state index contributed by atoms with van der Waals surface area (Å²) in [6.45, 7) is 7.86. The van der Waals surface area contributed by atoms with Crippen LogP contribution < -0.4 is 10.1 Å². The summed E-state index contributed by atoms with van der Waals surface area (Å²) in [7, 11) is 0. The molecule has 1 N–H and O–H groups in total. The van der Waals surface area contributed by atoms with E-state index < -0.39 is 5.97 Å². The van der Waals surface area contributed by atoms with Crippen LogP contribution in [0.2, 0.25) is 0 Å². The minimum Gasteiger partial charge on any atom is -0.483 e. The zero-order valence-electron chi connectivity index (χ0n) is 17.9. The Morgan fingerprint density at radius 1 is 1.06 bits per heavy atom. The van der Waals surface area contributed by atoms with Crippen molar-refractivity contribution in [2.75, 3.05) is 18.5 Å². The summed E-state index contributed by atoms with van der Waals surface area (Å²) < 4.78 is 11.7. The molecule has 0 spiro atoms. The largest absolute Gasteiger partial charge is 0.483 e. The second-order valence-electron chi connectivity index (χ2n) is 7.14. The van der Waals surface area contributed by atoms with Crippen molar-refractivity contribution in [3.63, 3.8) is 0 Å². The molecular weight excluding hydrogens is 478 g/mol. The monoisotopic (exact) mass is 501 g/mol. The molecule has 3 aromatic rings. The average molecular weight is 502 g/mol. The average Bonchev–Trinajstić information content (AvgIpc) is 3.13. The number of carbonyl (C=O) groups excluding carboxylic acids is 2. The third-order valence-corrected chi connectivity index (χ3v) is 6.30. The number of halogens is 1. The molecule has 3 rings (SSSR count). The standard InChI is InChI=1S/C24H24BrNO4S/c1-5-29-24(28)22-18(17-8-7-15(3)16(4)11-17)13-31-23(22)26-21(27)12-30-20-9-6-14(2)10-19(20)25/h6-11,13H,5,12H2,1-4H3,(H,26,27). The fourth-order valence-electron chi connectivity index (χ4n) is 3.01. The minimum absolute atomic E-state index is 0.180. The molecule has 0 saturated heterocycles. The summed E-state index contributed by atoms with van der Waals surface area (Å²) in [5, 5.41) is 5.12. The fourth-order valence-corrected chi connectivity index (χ4v) is 4.59. The number of hydrogen-bond donors (Lipinski definition) is 1. The summed E-state index contributed by atoms with van der Waals surface area (Å²) in [6.07, 6.45) is 0. The first-order valence-electron chi connectivity index (χ1n) is 9.85. The molecule has 0 saturated carbocycles. The van der Waals surface area contributed by atoms with E-state index in [9.17, 15) is 9.59 Å². The topological polar surface area (TPSA) is 64.6 Å². The molecule has 0 aliphatic heterocycles. The van der Waals surface area contributed by atoms with Crippen LogP contribution in [0.15, 0.2) is 46.3 Å². The van der Waals surface area contributed by atoms with Crippen LogP contribution in [0.4, 0.5) is 5.00 Å². The predicted molar refractivity (Wildman–Crippen MR) is 128 cm³/mol. The molecule has 0 aliphatic rings. The van der Waals surface area contributed by atoms with E-state index in [2.05, 4.69) is 21.2 Å². The summed E-state index contributed by atoms with van der Waals surface area (Å²) >= 11 is 4.73. The van der Waals surface area contributed by atoms with Crippen LogP contribution in [0.3, 0.4) is 0 Å². The molecule has 31 heavy (non-hydrogen) atoms. The molecule has 0 fully saturated rings. The number of rotatable bonds is 7. The molecule has 1 heterocycles. The van der Waals surface area contributed by atoms with Crippen molar-refractivity contribution in [3.05, 3.63) is 68.5 Å². The number of carbonyl (C=O) groups is 2. The highest BCUT2D eigenvalue weighted by Crippen LogP contribution is 2.37. The normalized spacial score (nSPS) is 10.6. The van der Waals surface area contributed by atoms with Crippen molar-refractivity contribution in [2.45, 2.75) is 27.7 Å². The highest BCUT2D eigenvalue weighted by atomic mass is 79.9. The van der Waals surface area contributed by atoms with Gasteiger partial charge in [0.25, 0.3) is 5.91 Å². The van der Waals surface area contributed by atoms with Gasteiger partial charge in [-0.1, -0.05) is 24.3 Å². The molecule has 5 nitrogen and oxygen atoms in total. The lowest BCUT2D eigenvalue weighted by molar-refractivity contribution is -0.118. The van der Waals surface area contributed by atoms with Crippen LogP contribution in [-0.2, 0) is 9.53 Å². The first-order chi connectivity index (χ1) is 14.8. The molecule has 0 radical (unpaired) electrons. The number of hydrogen-bond acceptors (Lipinski definition) is 5. The number of amides is 1. The fraction of sp³-hybridized carbons (Fsp3) is 0.250. The van der Waals surface area contributed by atoms with Gasteiger partial charge in [0, 0.05) is 10.9 Å². The van der Waals surface area contributed by atoms with Crippen LogP contribution >= 0.6 is 27.3 Å². The molecule has 0 unspecified atom stereocenters. The van der Waals surface area contributed by atoms with E-state index in [0.29, 0.717) is 16.3 Å². The van der Waals surface area contributed by atoms with Gasteiger partial charge in [-0.2, -0.15) is 0 Å².